The molecule has 112 valence electrons. The number of carbonyl (C=O) groups excluding carboxylic acids is 1. The van der Waals surface area contributed by atoms with Gasteiger partial charge in [-0.25, -0.2) is 4.79 Å². The first kappa shape index (κ1) is 16.4. The van der Waals surface area contributed by atoms with Crippen molar-refractivity contribution >= 4 is 16.2 Å². The molecule has 1 rings (SSSR count). The fraction of sp³-hybridized carbons (Fsp3) is 0.417. The Morgan fingerprint density at radius 2 is 1.70 bits per heavy atom. The zero-order valence-electron chi connectivity index (χ0n) is 11.7. The summed E-state index contributed by atoms with van der Waals surface area (Å²) in [5.41, 5.74) is -0.149. The Morgan fingerprint density at radius 3 is 2.10 bits per heavy atom. The molecule has 0 aliphatic carbocycles. The summed E-state index contributed by atoms with van der Waals surface area (Å²) in [5.74, 6) is 0. The molecular formula is C12H17NO6S. The van der Waals surface area contributed by atoms with Crippen molar-refractivity contribution in [2.75, 3.05) is 0 Å². The molecule has 0 fully saturated rings. The summed E-state index contributed by atoms with van der Waals surface area (Å²) < 4.78 is 28.9. The average molecular weight is 303 g/mol. The van der Waals surface area contributed by atoms with Gasteiger partial charge in [0, 0.05) is 0 Å². The van der Waals surface area contributed by atoms with Gasteiger partial charge in [0.15, 0.2) is 0 Å². The van der Waals surface area contributed by atoms with Crippen LogP contribution in [0.25, 0.3) is 0 Å². The number of hydroxylamine groups is 2. The molecule has 0 atom stereocenters. The molecule has 0 radical (unpaired) electrons. The topological polar surface area (TPSA) is 93.1 Å². The van der Waals surface area contributed by atoms with Crippen molar-refractivity contribution in [3.63, 3.8) is 0 Å². The fourth-order valence-electron chi connectivity index (χ4n) is 1.30. The van der Waals surface area contributed by atoms with E-state index in [0.29, 0.717) is 5.06 Å². The lowest BCUT2D eigenvalue weighted by Gasteiger charge is -2.30. The second kappa shape index (κ2) is 5.78. The number of benzene rings is 1. The van der Waals surface area contributed by atoms with Crippen molar-refractivity contribution < 1.29 is 27.6 Å². The summed E-state index contributed by atoms with van der Waals surface area (Å²) >= 11 is 0. The van der Waals surface area contributed by atoms with Crippen LogP contribution in [-0.4, -0.2) is 30.4 Å². The van der Waals surface area contributed by atoms with Crippen molar-refractivity contribution in [2.24, 2.45) is 0 Å². The van der Waals surface area contributed by atoms with E-state index in [-0.39, 0.29) is 4.90 Å². The van der Waals surface area contributed by atoms with Gasteiger partial charge in [-0.15, -0.1) is 4.28 Å². The van der Waals surface area contributed by atoms with Gasteiger partial charge >= 0.3 is 16.2 Å². The first-order valence-electron chi connectivity index (χ1n) is 5.75. The van der Waals surface area contributed by atoms with E-state index in [1.165, 1.54) is 32.9 Å². The van der Waals surface area contributed by atoms with Crippen LogP contribution in [0.1, 0.15) is 26.3 Å². The van der Waals surface area contributed by atoms with Crippen LogP contribution in [0.3, 0.4) is 0 Å². The number of amides is 1. The quantitative estimate of drug-likeness (QED) is 0.680. The van der Waals surface area contributed by atoms with Gasteiger partial charge in [0.25, 0.3) is 0 Å². The highest BCUT2D eigenvalue weighted by Crippen LogP contribution is 2.21. The molecule has 20 heavy (non-hydrogen) atoms. The molecule has 0 aliphatic heterocycles. The van der Waals surface area contributed by atoms with Gasteiger partial charge in [-0.05, 0) is 39.8 Å². The van der Waals surface area contributed by atoms with E-state index >= 15 is 0 Å². The molecule has 0 spiro atoms. The molecule has 1 aromatic rings. The van der Waals surface area contributed by atoms with E-state index in [2.05, 4.69) is 4.89 Å². The molecule has 1 amide bonds. The molecule has 7 nitrogen and oxygen atoms in total. The maximum atomic E-state index is 12.1. The molecule has 0 saturated heterocycles. The third-order valence-corrected chi connectivity index (χ3v) is 3.53. The minimum atomic E-state index is -4.20. The zero-order valence-corrected chi connectivity index (χ0v) is 12.5. The molecule has 0 aliphatic rings. The van der Waals surface area contributed by atoms with Crippen molar-refractivity contribution in [2.45, 2.75) is 38.1 Å². The van der Waals surface area contributed by atoms with Gasteiger partial charge in [0.1, 0.15) is 0 Å². The van der Waals surface area contributed by atoms with Crippen LogP contribution in [0, 0.1) is 6.92 Å². The zero-order chi connectivity index (χ0) is 15.6. The molecule has 0 bridgehead atoms. The minimum Gasteiger partial charge on any atom is -0.276 e. The fourth-order valence-corrected chi connectivity index (χ4v) is 2.34. The lowest BCUT2D eigenvalue weighted by molar-refractivity contribution is -0.221. The summed E-state index contributed by atoms with van der Waals surface area (Å²) in [6.07, 6.45) is -1.33. The van der Waals surface area contributed by atoms with Crippen molar-refractivity contribution in [1.82, 2.24) is 5.06 Å². The van der Waals surface area contributed by atoms with Gasteiger partial charge in [-0.3, -0.25) is 4.89 Å². The Kier molecular flexibility index (Phi) is 4.74. The van der Waals surface area contributed by atoms with Crippen LogP contribution in [0.5, 0.6) is 0 Å². The van der Waals surface area contributed by atoms with Crippen LogP contribution >= 0.6 is 0 Å². The Labute approximate surface area is 117 Å². The highest BCUT2D eigenvalue weighted by atomic mass is 32.2. The normalized spacial score (nSPS) is 12.1. The third kappa shape index (κ3) is 3.92. The van der Waals surface area contributed by atoms with Crippen molar-refractivity contribution in [3.05, 3.63) is 29.8 Å². The largest absolute Gasteiger partial charge is 0.466 e. The summed E-state index contributed by atoms with van der Waals surface area (Å²) in [6.45, 7) is 6.37. The molecule has 0 heterocycles. The second-order valence-electron chi connectivity index (χ2n) is 5.16. The number of nitrogens with zero attached hydrogens (tertiary/aromatic N) is 1. The first-order chi connectivity index (χ1) is 9.08. The van der Waals surface area contributed by atoms with E-state index in [0.717, 1.165) is 5.56 Å². The maximum Gasteiger partial charge on any atom is 0.466 e. The van der Waals surface area contributed by atoms with Crippen molar-refractivity contribution in [3.8, 4) is 0 Å². The number of hydrogen-bond acceptors (Lipinski definition) is 6. The monoisotopic (exact) mass is 303 g/mol. The van der Waals surface area contributed by atoms with Gasteiger partial charge in [-0.2, -0.15) is 18.7 Å². The number of hydrogen-bond donors (Lipinski definition) is 1. The highest BCUT2D eigenvalue weighted by molar-refractivity contribution is 7.86. The Balaban J connectivity index is 3.09. The van der Waals surface area contributed by atoms with E-state index in [1.807, 2.05) is 6.92 Å². The Morgan fingerprint density at radius 1 is 1.20 bits per heavy atom. The smallest absolute Gasteiger partial charge is 0.276 e. The van der Waals surface area contributed by atoms with Crippen LogP contribution < -0.4 is 0 Å². The standard InChI is InChI=1S/C12H17NO6S/c1-9-5-7-10(8-6-9)20(16,17)19-13(11(14)18-15)12(2,3)4/h5-8,15H,1-4H3. The molecule has 0 unspecified atom stereocenters. The SMILES string of the molecule is Cc1ccc(S(=O)(=O)ON(C(=O)OO)C(C)(C)C)cc1. The van der Waals surface area contributed by atoms with Gasteiger partial charge < -0.3 is 0 Å². The molecule has 8 heteroatoms. The number of aryl methyl sites for hydroxylation is 1. The van der Waals surface area contributed by atoms with E-state index in [1.54, 1.807) is 12.1 Å². The second-order valence-corrected chi connectivity index (χ2v) is 6.69. The Hall–Kier alpha value is -1.64. The Bertz CT molecular complexity index is 573. The number of rotatable bonds is 3. The summed E-state index contributed by atoms with van der Waals surface area (Å²) in [5, 5.41) is 8.85. The van der Waals surface area contributed by atoms with E-state index in [4.69, 9.17) is 9.54 Å². The van der Waals surface area contributed by atoms with Crippen molar-refractivity contribution in [1.29, 1.82) is 0 Å². The summed E-state index contributed by atoms with van der Waals surface area (Å²) in [4.78, 5) is 14.8. The summed E-state index contributed by atoms with van der Waals surface area (Å²) in [6, 6.07) is 5.91. The molecule has 1 aromatic carbocycles. The molecule has 1 N–H and O–H groups in total. The van der Waals surface area contributed by atoms with E-state index < -0.39 is 21.8 Å². The predicted octanol–water partition coefficient (Wildman–Crippen LogP) is 2.33. The maximum absolute atomic E-state index is 12.1. The lowest BCUT2D eigenvalue weighted by atomic mass is 10.1. The van der Waals surface area contributed by atoms with Gasteiger partial charge in [0.2, 0.25) is 0 Å². The first-order valence-corrected chi connectivity index (χ1v) is 7.15. The predicted molar refractivity (Wildman–Crippen MR) is 70.2 cm³/mol. The third-order valence-electron chi connectivity index (χ3n) is 2.34. The average Bonchev–Trinajstić information content (AvgIpc) is 2.34. The molecule has 0 aromatic heterocycles. The van der Waals surface area contributed by atoms with Crippen LogP contribution in [0.2, 0.25) is 0 Å². The number of carbonyl (C=O) groups is 1. The van der Waals surface area contributed by atoms with Gasteiger partial charge in [-0.1, -0.05) is 17.7 Å². The van der Waals surface area contributed by atoms with Crippen LogP contribution in [0.15, 0.2) is 29.2 Å². The molecule has 0 saturated carbocycles. The summed E-state index contributed by atoms with van der Waals surface area (Å²) in [7, 11) is -4.20. The van der Waals surface area contributed by atoms with Crippen LogP contribution in [-0.2, 0) is 19.3 Å². The minimum absolute atomic E-state index is 0.108. The van der Waals surface area contributed by atoms with Crippen LogP contribution in [0.4, 0.5) is 4.79 Å². The van der Waals surface area contributed by atoms with E-state index in [9.17, 15) is 13.2 Å². The lowest BCUT2D eigenvalue weighted by Crippen LogP contribution is -2.46. The van der Waals surface area contributed by atoms with Gasteiger partial charge in [0.05, 0.1) is 10.4 Å². The highest BCUT2D eigenvalue weighted by Gasteiger charge is 2.35. The molecular weight excluding hydrogens is 286 g/mol.